The topological polar surface area (TPSA) is 12.0 Å². The zero-order valence-electron chi connectivity index (χ0n) is 8.53. The van der Waals surface area contributed by atoms with Gasteiger partial charge in [0.05, 0.1) is 0 Å². The Morgan fingerprint density at radius 3 is 2.69 bits per heavy atom. The molecule has 0 saturated heterocycles. The quantitative estimate of drug-likeness (QED) is 0.485. The van der Waals surface area contributed by atoms with E-state index in [0.29, 0.717) is 5.92 Å². The second-order valence-electron chi connectivity index (χ2n) is 2.83. The second-order valence-corrected chi connectivity index (χ2v) is 2.83. The lowest BCUT2D eigenvalue weighted by molar-refractivity contribution is 0.914. The van der Waals surface area contributed by atoms with E-state index in [4.69, 9.17) is 0 Å². The van der Waals surface area contributed by atoms with Gasteiger partial charge in [-0.2, -0.15) is 0 Å². The molecule has 0 heterocycles. The smallest absolute Gasteiger partial charge is 0.00276 e. The van der Waals surface area contributed by atoms with E-state index in [1.807, 2.05) is 19.3 Å². The predicted molar refractivity (Wildman–Crippen MR) is 60.5 cm³/mol. The summed E-state index contributed by atoms with van der Waals surface area (Å²) in [5.74, 6) is 0.490. The van der Waals surface area contributed by atoms with Gasteiger partial charge in [-0.1, -0.05) is 50.0 Å². The van der Waals surface area contributed by atoms with Crippen LogP contribution in [0.25, 0.3) is 0 Å². The Bertz CT molecular complexity index is 199. The van der Waals surface area contributed by atoms with Gasteiger partial charge in [-0.15, -0.1) is 0 Å². The third kappa shape index (κ3) is 8.67. The maximum atomic E-state index is 3.60. The zero-order chi connectivity index (χ0) is 9.94. The molecule has 0 spiro atoms. The van der Waals surface area contributed by atoms with Crippen LogP contribution in [0.15, 0.2) is 49.2 Å². The molecular formula is C12H19N. The van der Waals surface area contributed by atoms with Gasteiger partial charge < -0.3 is 5.32 Å². The minimum absolute atomic E-state index is 0.490. The molecule has 0 fully saturated rings. The van der Waals surface area contributed by atoms with Crippen molar-refractivity contribution in [1.82, 2.24) is 5.32 Å². The van der Waals surface area contributed by atoms with Gasteiger partial charge in [-0.3, -0.25) is 0 Å². The molecule has 0 aromatic heterocycles. The number of rotatable bonds is 6. The molecular weight excluding hydrogens is 158 g/mol. The Kier molecular flexibility index (Phi) is 8.01. The molecule has 0 aliphatic carbocycles. The van der Waals surface area contributed by atoms with Crippen LogP contribution in [-0.4, -0.2) is 7.05 Å². The summed E-state index contributed by atoms with van der Waals surface area (Å²) in [6, 6.07) is 0. The van der Waals surface area contributed by atoms with E-state index in [0.717, 1.165) is 6.42 Å². The van der Waals surface area contributed by atoms with Crippen molar-refractivity contribution in [2.24, 2.45) is 5.92 Å². The van der Waals surface area contributed by atoms with Gasteiger partial charge in [0.25, 0.3) is 0 Å². The Hall–Kier alpha value is -1.24. The molecule has 0 radical (unpaired) electrons. The minimum Gasteiger partial charge on any atom is -0.394 e. The van der Waals surface area contributed by atoms with Crippen molar-refractivity contribution in [3.63, 3.8) is 0 Å². The van der Waals surface area contributed by atoms with Crippen LogP contribution in [0.2, 0.25) is 0 Å². The van der Waals surface area contributed by atoms with Crippen molar-refractivity contribution in [1.29, 1.82) is 0 Å². The van der Waals surface area contributed by atoms with Crippen LogP contribution < -0.4 is 5.32 Å². The van der Waals surface area contributed by atoms with Crippen LogP contribution in [0.5, 0.6) is 0 Å². The summed E-state index contributed by atoms with van der Waals surface area (Å²) in [4.78, 5) is 0. The van der Waals surface area contributed by atoms with Crippen molar-refractivity contribution in [2.45, 2.75) is 13.3 Å². The van der Waals surface area contributed by atoms with E-state index in [2.05, 4.69) is 43.1 Å². The molecule has 0 amide bonds. The van der Waals surface area contributed by atoms with Gasteiger partial charge >= 0.3 is 0 Å². The molecule has 72 valence electrons. The number of hydrogen-bond donors (Lipinski definition) is 1. The first-order valence-corrected chi connectivity index (χ1v) is 4.59. The summed E-state index contributed by atoms with van der Waals surface area (Å²) in [7, 11) is 1.90. The standard InChI is InChI=1S/C12H19N/c1-4-5-6-7-8-9-12(2)10-11-13-3/h4-6,8-13H,1,7H2,2-3H3/b6-5-,9-8+,11-10-. The lowest BCUT2D eigenvalue weighted by Crippen LogP contribution is -1.93. The molecule has 1 heteroatoms. The number of nitrogens with one attached hydrogen (secondary N) is 1. The highest BCUT2D eigenvalue weighted by Crippen LogP contribution is 1.99. The summed E-state index contributed by atoms with van der Waals surface area (Å²) in [5, 5.41) is 2.97. The van der Waals surface area contributed by atoms with Crippen molar-refractivity contribution >= 4 is 0 Å². The normalized spacial score (nSPS) is 14.3. The summed E-state index contributed by atoms with van der Waals surface area (Å²) < 4.78 is 0. The first-order chi connectivity index (χ1) is 6.31. The van der Waals surface area contributed by atoms with Gasteiger partial charge in [0.2, 0.25) is 0 Å². The van der Waals surface area contributed by atoms with Crippen LogP contribution >= 0.6 is 0 Å². The number of allylic oxidation sites excluding steroid dienone is 6. The molecule has 13 heavy (non-hydrogen) atoms. The van der Waals surface area contributed by atoms with E-state index < -0.39 is 0 Å². The van der Waals surface area contributed by atoms with Crippen LogP contribution in [0.1, 0.15) is 13.3 Å². The van der Waals surface area contributed by atoms with E-state index in [1.54, 1.807) is 6.08 Å². The Morgan fingerprint density at radius 2 is 2.08 bits per heavy atom. The Morgan fingerprint density at radius 1 is 1.31 bits per heavy atom. The molecule has 1 unspecified atom stereocenters. The lowest BCUT2D eigenvalue weighted by Gasteiger charge is -1.96. The molecule has 0 aliphatic heterocycles. The highest BCUT2D eigenvalue weighted by Gasteiger charge is 1.86. The summed E-state index contributed by atoms with van der Waals surface area (Å²) in [5.41, 5.74) is 0. The molecule has 0 aromatic carbocycles. The van der Waals surface area contributed by atoms with Gasteiger partial charge in [0, 0.05) is 7.05 Å². The summed E-state index contributed by atoms with van der Waals surface area (Å²) in [6.07, 6.45) is 15.2. The van der Waals surface area contributed by atoms with Crippen molar-refractivity contribution in [3.8, 4) is 0 Å². The van der Waals surface area contributed by atoms with Crippen molar-refractivity contribution < 1.29 is 0 Å². The maximum absolute atomic E-state index is 3.60. The first-order valence-electron chi connectivity index (χ1n) is 4.59. The van der Waals surface area contributed by atoms with Crippen molar-refractivity contribution in [3.05, 3.63) is 49.2 Å². The summed E-state index contributed by atoms with van der Waals surface area (Å²) in [6.45, 7) is 5.76. The van der Waals surface area contributed by atoms with Gasteiger partial charge in [0.1, 0.15) is 0 Å². The average Bonchev–Trinajstić information content (AvgIpc) is 2.14. The lowest BCUT2D eigenvalue weighted by atomic mass is 10.1. The molecule has 0 rings (SSSR count). The predicted octanol–water partition coefficient (Wildman–Crippen LogP) is 3.04. The van der Waals surface area contributed by atoms with Crippen LogP contribution in [-0.2, 0) is 0 Å². The molecule has 0 bridgehead atoms. The van der Waals surface area contributed by atoms with E-state index in [1.165, 1.54) is 0 Å². The Balaban J connectivity index is 3.64. The van der Waals surface area contributed by atoms with Gasteiger partial charge in [-0.25, -0.2) is 0 Å². The highest BCUT2D eigenvalue weighted by molar-refractivity contribution is 5.04. The summed E-state index contributed by atoms with van der Waals surface area (Å²) >= 11 is 0. The van der Waals surface area contributed by atoms with Gasteiger partial charge in [0.15, 0.2) is 0 Å². The fourth-order valence-corrected chi connectivity index (χ4v) is 0.859. The fraction of sp³-hybridized carbons (Fsp3) is 0.333. The second kappa shape index (κ2) is 8.85. The van der Waals surface area contributed by atoms with Crippen LogP contribution in [0.3, 0.4) is 0 Å². The average molecular weight is 177 g/mol. The number of hydrogen-bond acceptors (Lipinski definition) is 1. The highest BCUT2D eigenvalue weighted by atomic mass is 14.8. The molecule has 1 atom stereocenters. The zero-order valence-corrected chi connectivity index (χ0v) is 8.53. The first kappa shape index (κ1) is 11.8. The maximum Gasteiger partial charge on any atom is 0.00276 e. The Labute approximate surface area is 81.5 Å². The minimum atomic E-state index is 0.490. The van der Waals surface area contributed by atoms with Crippen LogP contribution in [0, 0.1) is 5.92 Å². The molecule has 1 N–H and O–H groups in total. The molecule has 0 aromatic rings. The third-order valence-electron chi connectivity index (χ3n) is 1.55. The largest absolute Gasteiger partial charge is 0.394 e. The van der Waals surface area contributed by atoms with Crippen molar-refractivity contribution in [2.75, 3.05) is 7.05 Å². The third-order valence-corrected chi connectivity index (χ3v) is 1.55. The SMILES string of the molecule is C=C/C=C\C/C=C/C(C)/C=C\NC. The van der Waals surface area contributed by atoms with Gasteiger partial charge in [-0.05, 0) is 18.5 Å². The monoisotopic (exact) mass is 177 g/mol. The molecule has 1 nitrogen and oxygen atoms in total. The molecule has 0 saturated carbocycles. The van der Waals surface area contributed by atoms with E-state index >= 15 is 0 Å². The van der Waals surface area contributed by atoms with E-state index in [-0.39, 0.29) is 0 Å². The van der Waals surface area contributed by atoms with E-state index in [9.17, 15) is 0 Å². The fourth-order valence-electron chi connectivity index (χ4n) is 0.859. The molecule has 0 aliphatic rings. The van der Waals surface area contributed by atoms with Crippen LogP contribution in [0.4, 0.5) is 0 Å².